The van der Waals surface area contributed by atoms with Crippen LogP contribution in [0.4, 0.5) is 27.4 Å². The number of unbranched alkanes of at least 4 members (excludes halogenated alkanes) is 3. The molecule has 40 heavy (non-hydrogen) atoms. The molecule has 1 aliphatic rings. The first kappa shape index (κ1) is 31.5. The second-order valence-electron chi connectivity index (χ2n) is 9.41. The van der Waals surface area contributed by atoms with Crippen LogP contribution in [-0.4, -0.2) is 83.6 Å². The van der Waals surface area contributed by atoms with Gasteiger partial charge in [0.2, 0.25) is 5.88 Å². The number of hydrogen-bond donors (Lipinski definition) is 4. The molecule has 0 spiro atoms. The highest BCUT2D eigenvalue weighted by atomic mass is 32.1. The molecule has 1 aliphatic heterocycles. The molecule has 0 radical (unpaired) electrons. The molecule has 5 N–H and O–H groups in total. The van der Waals surface area contributed by atoms with Crippen LogP contribution in [-0.2, 0) is 6.61 Å². The number of anilines is 1. The van der Waals surface area contributed by atoms with Gasteiger partial charge in [-0.15, -0.1) is 0 Å². The summed E-state index contributed by atoms with van der Waals surface area (Å²) in [7, 11) is 0. The Hall–Kier alpha value is -3.01. The fraction of sp³-hybridized carbons (Fsp3) is 0.560. The van der Waals surface area contributed by atoms with E-state index in [0.29, 0.717) is 18.1 Å². The van der Waals surface area contributed by atoms with Gasteiger partial charge in [0.05, 0.1) is 12.2 Å². The molecule has 1 aromatic carbocycles. The highest BCUT2D eigenvalue weighted by Gasteiger charge is 2.26. The third-order valence-electron chi connectivity index (χ3n) is 6.63. The summed E-state index contributed by atoms with van der Waals surface area (Å²) in [6.07, 6.45) is 3.73. The number of hydrogen-bond acceptors (Lipinski definition) is 8. The number of aromatic nitrogens is 1. The van der Waals surface area contributed by atoms with Crippen molar-refractivity contribution >= 4 is 28.5 Å². The zero-order valence-corrected chi connectivity index (χ0v) is 23.0. The van der Waals surface area contributed by atoms with E-state index in [1.54, 1.807) is 0 Å². The van der Waals surface area contributed by atoms with E-state index in [0.717, 1.165) is 71.9 Å². The van der Waals surface area contributed by atoms with Gasteiger partial charge in [-0.2, -0.15) is 4.37 Å². The number of nitrogens with two attached hydrogens (primary N) is 1. The lowest BCUT2D eigenvalue weighted by atomic mass is 10.1. The number of ether oxygens (including phenoxy) is 1. The lowest BCUT2D eigenvalue weighted by Crippen LogP contribution is -2.47. The average Bonchev–Trinajstić information content (AvgIpc) is 3.33. The third kappa shape index (κ3) is 8.25. The van der Waals surface area contributed by atoms with E-state index in [1.807, 2.05) is 0 Å². The van der Waals surface area contributed by atoms with Gasteiger partial charge in [0.15, 0.2) is 23.3 Å². The number of benzene rings is 1. The maximum Gasteiger partial charge on any atom is 0.319 e. The van der Waals surface area contributed by atoms with Gasteiger partial charge in [0.1, 0.15) is 17.2 Å². The van der Waals surface area contributed by atoms with E-state index < -0.39 is 58.8 Å². The number of primary amides is 1. The fourth-order valence-electron chi connectivity index (χ4n) is 4.27. The minimum Gasteiger partial charge on any atom is -0.471 e. The molecule has 0 saturated carbocycles. The molecule has 1 saturated heterocycles. The largest absolute Gasteiger partial charge is 0.471 e. The summed E-state index contributed by atoms with van der Waals surface area (Å²) in [4.78, 5) is 28.9. The van der Waals surface area contributed by atoms with Crippen LogP contribution < -0.4 is 21.1 Å². The van der Waals surface area contributed by atoms with Gasteiger partial charge in [0.25, 0.3) is 5.91 Å². The Labute approximate surface area is 233 Å². The minimum absolute atomic E-state index is 0.0544. The number of nitrogens with one attached hydrogen (secondary N) is 2. The standard InChI is InChI=1S/C25H34F4N6O4S/c1-15-18(26)20(28)16(21(29)19(15)27)14-39-23-17(22(30)37)24(40-33-23)32-25(38)31-6-4-2-3-5-7-34-8-10-35(11-9-34)12-13-36/h36H,2-14H2,1H3,(H2,30,37)(H2,31,32,38). The predicted molar refractivity (Wildman–Crippen MR) is 141 cm³/mol. The molecule has 1 fully saturated rings. The van der Waals surface area contributed by atoms with E-state index in [9.17, 15) is 27.2 Å². The Morgan fingerprint density at radius 3 is 2.17 bits per heavy atom. The third-order valence-corrected chi connectivity index (χ3v) is 7.37. The van der Waals surface area contributed by atoms with E-state index in [2.05, 4.69) is 24.8 Å². The van der Waals surface area contributed by atoms with Crippen molar-refractivity contribution in [2.24, 2.45) is 5.73 Å². The van der Waals surface area contributed by atoms with Gasteiger partial charge in [-0.3, -0.25) is 15.0 Å². The molecule has 3 rings (SSSR count). The number of aliphatic hydroxyl groups excluding tert-OH is 1. The van der Waals surface area contributed by atoms with Crippen LogP contribution >= 0.6 is 11.5 Å². The average molecular weight is 591 g/mol. The van der Waals surface area contributed by atoms with Crippen LogP contribution in [0.3, 0.4) is 0 Å². The Morgan fingerprint density at radius 1 is 0.975 bits per heavy atom. The molecular formula is C25H34F4N6O4S. The normalized spacial score (nSPS) is 14.3. The Balaban J connectivity index is 1.41. The monoisotopic (exact) mass is 590 g/mol. The molecule has 0 unspecified atom stereocenters. The fourth-order valence-corrected chi connectivity index (χ4v) is 5.01. The van der Waals surface area contributed by atoms with Crippen molar-refractivity contribution < 1.29 is 37.0 Å². The maximum absolute atomic E-state index is 14.1. The highest BCUT2D eigenvalue weighted by Crippen LogP contribution is 2.32. The molecule has 3 amide bonds. The second kappa shape index (κ2) is 15.1. The van der Waals surface area contributed by atoms with Crippen LogP contribution in [0.1, 0.15) is 47.2 Å². The molecular weight excluding hydrogens is 556 g/mol. The Kier molecular flexibility index (Phi) is 11.9. The zero-order chi connectivity index (χ0) is 29.2. The van der Waals surface area contributed by atoms with Crippen LogP contribution in [0.15, 0.2) is 0 Å². The molecule has 2 heterocycles. The number of urea groups is 1. The summed E-state index contributed by atoms with van der Waals surface area (Å²) in [5.74, 6) is -7.83. The van der Waals surface area contributed by atoms with Crippen molar-refractivity contribution in [1.82, 2.24) is 19.5 Å². The van der Waals surface area contributed by atoms with Crippen molar-refractivity contribution in [3.05, 3.63) is 40.0 Å². The number of β-amino-alcohol motifs (C(OH)–C–C–N with tert-alkyl or cyclic N) is 1. The smallest absolute Gasteiger partial charge is 0.319 e. The molecule has 15 heteroatoms. The Bertz CT molecular complexity index is 1150. The first-order valence-corrected chi connectivity index (χ1v) is 13.8. The molecule has 222 valence electrons. The summed E-state index contributed by atoms with van der Waals surface area (Å²) >= 11 is 0.648. The predicted octanol–water partition coefficient (Wildman–Crippen LogP) is 2.98. The van der Waals surface area contributed by atoms with Crippen LogP contribution in [0, 0.1) is 30.2 Å². The summed E-state index contributed by atoms with van der Waals surface area (Å²) in [5.41, 5.74) is 3.20. The minimum atomic E-state index is -1.62. The van der Waals surface area contributed by atoms with Crippen molar-refractivity contribution in [3.63, 3.8) is 0 Å². The van der Waals surface area contributed by atoms with Gasteiger partial charge >= 0.3 is 6.03 Å². The first-order valence-electron chi connectivity index (χ1n) is 13.0. The molecule has 0 bridgehead atoms. The summed E-state index contributed by atoms with van der Waals surface area (Å²) in [6.45, 7) is 6.15. The SMILES string of the molecule is Cc1c(F)c(F)c(COc2nsc(NC(=O)NCCCCCCN3CCN(CCO)CC3)c2C(N)=O)c(F)c1F. The zero-order valence-electron chi connectivity index (χ0n) is 22.2. The molecule has 0 aliphatic carbocycles. The summed E-state index contributed by atoms with van der Waals surface area (Å²) in [5, 5.41) is 14.1. The number of amides is 3. The van der Waals surface area contributed by atoms with Gasteiger partial charge in [-0.25, -0.2) is 22.4 Å². The lowest BCUT2D eigenvalue weighted by Gasteiger charge is -2.34. The van der Waals surface area contributed by atoms with Gasteiger partial charge < -0.3 is 25.8 Å². The number of carbonyl (C=O) groups is 2. The molecule has 2 aromatic rings. The summed E-state index contributed by atoms with van der Waals surface area (Å²) < 4.78 is 64.9. The number of aliphatic hydroxyl groups is 1. The van der Waals surface area contributed by atoms with Crippen LogP contribution in [0.25, 0.3) is 0 Å². The number of carbonyl (C=O) groups excluding carboxylic acids is 2. The van der Waals surface area contributed by atoms with E-state index >= 15 is 0 Å². The van der Waals surface area contributed by atoms with Crippen molar-refractivity contribution in [3.8, 4) is 5.88 Å². The van der Waals surface area contributed by atoms with Crippen LogP contribution in [0.2, 0.25) is 0 Å². The van der Waals surface area contributed by atoms with Crippen molar-refractivity contribution in [2.45, 2.75) is 39.2 Å². The van der Waals surface area contributed by atoms with E-state index in [4.69, 9.17) is 15.6 Å². The number of halogens is 4. The van der Waals surface area contributed by atoms with Crippen molar-refractivity contribution in [2.75, 3.05) is 57.7 Å². The number of piperazine rings is 1. The molecule has 0 atom stereocenters. The highest BCUT2D eigenvalue weighted by molar-refractivity contribution is 7.11. The first-order chi connectivity index (χ1) is 19.1. The van der Waals surface area contributed by atoms with Gasteiger partial charge in [-0.1, -0.05) is 12.8 Å². The quantitative estimate of drug-likeness (QED) is 0.151. The van der Waals surface area contributed by atoms with Crippen LogP contribution in [0.5, 0.6) is 5.88 Å². The van der Waals surface area contributed by atoms with Crippen molar-refractivity contribution in [1.29, 1.82) is 0 Å². The van der Waals surface area contributed by atoms with Gasteiger partial charge in [-0.05, 0) is 37.8 Å². The van der Waals surface area contributed by atoms with Gasteiger partial charge in [0, 0.05) is 44.8 Å². The second-order valence-corrected chi connectivity index (χ2v) is 10.2. The molecule has 10 nitrogen and oxygen atoms in total. The van der Waals surface area contributed by atoms with E-state index in [1.165, 1.54) is 0 Å². The number of rotatable bonds is 14. The Morgan fingerprint density at radius 2 is 1.57 bits per heavy atom. The summed E-state index contributed by atoms with van der Waals surface area (Å²) in [6, 6.07) is -0.613. The topological polar surface area (TPSA) is 133 Å². The number of nitrogens with zero attached hydrogens (tertiary/aromatic N) is 3. The maximum atomic E-state index is 14.1. The lowest BCUT2D eigenvalue weighted by molar-refractivity contribution is 0.0996. The van der Waals surface area contributed by atoms with E-state index in [-0.39, 0.29) is 17.2 Å². The molecule has 1 aromatic heterocycles.